The first-order valence-corrected chi connectivity index (χ1v) is 11.5. The largest absolute Gasteiger partial charge is 0.474 e. The zero-order valence-corrected chi connectivity index (χ0v) is 17.0. The van der Waals surface area contributed by atoms with Gasteiger partial charge in [-0.05, 0) is 41.0 Å². The van der Waals surface area contributed by atoms with Gasteiger partial charge in [0.2, 0.25) is 0 Å². The van der Waals surface area contributed by atoms with Crippen LogP contribution in [0.2, 0.25) is 0 Å². The van der Waals surface area contributed by atoms with Gasteiger partial charge in [0, 0.05) is 12.8 Å². The van der Waals surface area contributed by atoms with Gasteiger partial charge in [0.05, 0.1) is 0 Å². The van der Waals surface area contributed by atoms with E-state index in [2.05, 4.69) is 48.5 Å². The Balaban J connectivity index is 1.25. The van der Waals surface area contributed by atoms with Crippen LogP contribution in [0.25, 0.3) is 0 Å². The molecule has 0 amide bonds. The SMILES string of the molecule is c1ccc2c(c1)CC1OC(C(C3=NC4c5ccccc5CC4O3)C3CCCC3)=NC21. The van der Waals surface area contributed by atoms with Gasteiger partial charge < -0.3 is 9.47 Å². The Kier molecular flexibility index (Phi) is 3.67. The Hall–Kier alpha value is -2.62. The first-order valence-electron chi connectivity index (χ1n) is 11.5. The maximum atomic E-state index is 6.54. The minimum absolute atomic E-state index is 0.0861. The highest BCUT2D eigenvalue weighted by atomic mass is 16.5. The van der Waals surface area contributed by atoms with E-state index in [9.17, 15) is 0 Å². The van der Waals surface area contributed by atoms with Crippen LogP contribution >= 0.6 is 0 Å². The van der Waals surface area contributed by atoms with Crippen molar-refractivity contribution >= 4 is 11.8 Å². The summed E-state index contributed by atoms with van der Waals surface area (Å²) in [6.07, 6.45) is 7.20. The summed E-state index contributed by atoms with van der Waals surface area (Å²) in [5.74, 6) is 2.39. The second kappa shape index (κ2) is 6.44. The fourth-order valence-electron chi connectivity index (χ4n) is 6.34. The molecular formula is C26H26N2O2. The molecule has 0 spiro atoms. The molecule has 3 aliphatic carbocycles. The first kappa shape index (κ1) is 17.1. The van der Waals surface area contributed by atoms with E-state index in [1.807, 2.05) is 0 Å². The zero-order valence-electron chi connectivity index (χ0n) is 17.0. The molecule has 7 rings (SSSR count). The van der Waals surface area contributed by atoms with Crippen LogP contribution in [0.1, 0.15) is 60.0 Å². The lowest BCUT2D eigenvalue weighted by atomic mass is 9.90. The molecule has 0 aromatic heterocycles. The topological polar surface area (TPSA) is 43.2 Å². The molecular weight excluding hydrogens is 372 g/mol. The normalized spacial score (nSPS) is 31.9. The molecule has 4 heteroatoms. The van der Waals surface area contributed by atoms with Crippen LogP contribution in [0.3, 0.4) is 0 Å². The fourth-order valence-corrected chi connectivity index (χ4v) is 6.34. The number of fused-ring (bicyclic) bond motifs is 6. The van der Waals surface area contributed by atoms with Crippen LogP contribution in [0.4, 0.5) is 0 Å². The summed E-state index contributed by atoms with van der Waals surface area (Å²) in [4.78, 5) is 10.3. The minimum Gasteiger partial charge on any atom is -0.474 e. The molecule has 0 bridgehead atoms. The van der Waals surface area contributed by atoms with Crippen LogP contribution in [0, 0.1) is 11.8 Å². The van der Waals surface area contributed by atoms with E-state index in [0.29, 0.717) is 5.92 Å². The van der Waals surface area contributed by atoms with Crippen molar-refractivity contribution in [1.29, 1.82) is 0 Å². The zero-order chi connectivity index (χ0) is 19.7. The quantitative estimate of drug-likeness (QED) is 0.732. The van der Waals surface area contributed by atoms with Crippen LogP contribution < -0.4 is 0 Å². The average molecular weight is 399 g/mol. The highest BCUT2D eigenvalue weighted by Crippen LogP contribution is 2.46. The van der Waals surface area contributed by atoms with Gasteiger partial charge in [-0.15, -0.1) is 0 Å². The second-order valence-corrected chi connectivity index (χ2v) is 9.47. The van der Waals surface area contributed by atoms with Crippen LogP contribution in [0.5, 0.6) is 0 Å². The van der Waals surface area contributed by atoms with E-state index in [4.69, 9.17) is 19.5 Å². The van der Waals surface area contributed by atoms with E-state index in [0.717, 1.165) is 24.6 Å². The van der Waals surface area contributed by atoms with Crippen LogP contribution in [0.15, 0.2) is 58.5 Å². The molecule has 152 valence electrons. The van der Waals surface area contributed by atoms with Gasteiger partial charge in [0.25, 0.3) is 0 Å². The van der Waals surface area contributed by atoms with Crippen molar-refractivity contribution in [2.75, 3.05) is 0 Å². The number of aliphatic imine (C=N–C) groups is 2. The Morgan fingerprint density at radius 1 is 0.700 bits per heavy atom. The van der Waals surface area contributed by atoms with Crippen molar-refractivity contribution in [2.24, 2.45) is 21.8 Å². The standard InChI is InChI=1S/C26H26N2O2/c1-2-8-15(7-1)22(25-27-23-18-11-5-3-9-16(18)13-20(23)29-25)26-28-24-19-12-6-4-10-17(19)14-21(24)30-26/h3-6,9-12,15,20-24H,1-2,7-8,13-14H2. The van der Waals surface area contributed by atoms with Crippen LogP contribution in [-0.2, 0) is 22.3 Å². The molecule has 5 aliphatic rings. The van der Waals surface area contributed by atoms with Gasteiger partial charge in [-0.25, -0.2) is 9.98 Å². The first-order chi connectivity index (χ1) is 14.8. The maximum absolute atomic E-state index is 6.54. The molecule has 2 heterocycles. The molecule has 2 aromatic rings. The van der Waals surface area contributed by atoms with E-state index in [1.54, 1.807) is 0 Å². The van der Waals surface area contributed by atoms with Crippen molar-refractivity contribution in [3.63, 3.8) is 0 Å². The number of hydrogen-bond donors (Lipinski definition) is 0. The number of rotatable bonds is 3. The molecule has 4 nitrogen and oxygen atoms in total. The van der Waals surface area contributed by atoms with Crippen molar-refractivity contribution in [2.45, 2.75) is 62.8 Å². The summed E-state index contributed by atoms with van der Waals surface area (Å²) in [6.45, 7) is 0. The summed E-state index contributed by atoms with van der Waals surface area (Å²) >= 11 is 0. The summed E-state index contributed by atoms with van der Waals surface area (Å²) < 4.78 is 13.1. The van der Waals surface area contributed by atoms with Crippen molar-refractivity contribution in [1.82, 2.24) is 0 Å². The second-order valence-electron chi connectivity index (χ2n) is 9.47. The summed E-state index contributed by atoms with van der Waals surface area (Å²) in [7, 11) is 0. The van der Waals surface area contributed by atoms with Gasteiger partial charge in [0.15, 0.2) is 11.8 Å². The third-order valence-corrected chi connectivity index (χ3v) is 7.77. The highest BCUT2D eigenvalue weighted by Gasteiger charge is 2.48. The average Bonchev–Trinajstić information content (AvgIpc) is 3.55. The molecule has 0 saturated heterocycles. The Morgan fingerprint density at radius 3 is 1.73 bits per heavy atom. The Labute approximate surface area is 177 Å². The molecule has 2 aromatic carbocycles. The minimum atomic E-state index is 0.0861. The van der Waals surface area contributed by atoms with Crippen LogP contribution in [-0.4, -0.2) is 24.0 Å². The monoisotopic (exact) mass is 398 g/mol. The predicted octanol–water partition coefficient (Wildman–Crippen LogP) is 4.98. The number of nitrogens with zero attached hydrogens (tertiary/aromatic N) is 2. The summed E-state index contributed by atoms with van der Waals surface area (Å²) in [5, 5.41) is 0. The molecule has 0 N–H and O–H groups in total. The molecule has 4 unspecified atom stereocenters. The van der Waals surface area contributed by atoms with Gasteiger partial charge in [0.1, 0.15) is 30.2 Å². The summed E-state index contributed by atoms with van der Waals surface area (Å²) in [5.41, 5.74) is 5.44. The molecule has 2 aliphatic heterocycles. The number of ether oxygens (including phenoxy) is 2. The maximum Gasteiger partial charge on any atom is 0.197 e. The number of hydrogen-bond acceptors (Lipinski definition) is 4. The molecule has 30 heavy (non-hydrogen) atoms. The Morgan fingerprint density at radius 2 is 1.20 bits per heavy atom. The lowest BCUT2D eigenvalue weighted by Crippen LogP contribution is -2.33. The van der Waals surface area contributed by atoms with E-state index >= 15 is 0 Å². The lowest BCUT2D eigenvalue weighted by molar-refractivity contribution is 0.173. The molecule has 1 fully saturated rings. The smallest absolute Gasteiger partial charge is 0.197 e. The third kappa shape index (κ3) is 2.46. The van der Waals surface area contributed by atoms with E-state index in [1.165, 1.54) is 47.9 Å². The molecule has 4 atom stereocenters. The fraction of sp³-hybridized carbons (Fsp3) is 0.462. The van der Waals surface area contributed by atoms with Gasteiger partial charge in [-0.1, -0.05) is 61.4 Å². The summed E-state index contributed by atoms with van der Waals surface area (Å²) in [6, 6.07) is 17.6. The molecule has 0 radical (unpaired) electrons. The third-order valence-electron chi connectivity index (χ3n) is 7.77. The van der Waals surface area contributed by atoms with Crippen molar-refractivity contribution in [3.8, 4) is 0 Å². The van der Waals surface area contributed by atoms with E-state index < -0.39 is 0 Å². The predicted molar refractivity (Wildman–Crippen MR) is 116 cm³/mol. The van der Waals surface area contributed by atoms with Crippen molar-refractivity contribution < 1.29 is 9.47 Å². The van der Waals surface area contributed by atoms with E-state index in [-0.39, 0.29) is 30.2 Å². The van der Waals surface area contributed by atoms with Gasteiger partial charge in [-0.3, -0.25) is 0 Å². The van der Waals surface area contributed by atoms with Gasteiger partial charge >= 0.3 is 0 Å². The van der Waals surface area contributed by atoms with Crippen molar-refractivity contribution in [3.05, 3.63) is 70.8 Å². The highest BCUT2D eigenvalue weighted by molar-refractivity contribution is 6.02. The number of benzene rings is 2. The van der Waals surface area contributed by atoms with Gasteiger partial charge in [-0.2, -0.15) is 0 Å². The lowest BCUT2D eigenvalue weighted by Gasteiger charge is -2.24. The molecule has 1 saturated carbocycles. The Bertz CT molecular complexity index is 991.